The van der Waals surface area contributed by atoms with Gasteiger partial charge < -0.3 is 4.74 Å². The number of hydrogen-bond donors (Lipinski definition) is 0. The molecule has 1 fully saturated rings. The zero-order valence-electron chi connectivity index (χ0n) is 13.0. The highest BCUT2D eigenvalue weighted by atomic mass is 19.1. The summed E-state index contributed by atoms with van der Waals surface area (Å²) in [6.45, 7) is 2.87. The number of benzene rings is 1. The van der Waals surface area contributed by atoms with E-state index in [1.165, 1.54) is 11.0 Å². The van der Waals surface area contributed by atoms with Crippen molar-refractivity contribution in [1.82, 2.24) is 15.0 Å². The number of carbonyl (C=O) groups is 1. The Morgan fingerprint density at radius 2 is 2.30 bits per heavy atom. The minimum absolute atomic E-state index is 0.275. The molecule has 122 valence electrons. The minimum Gasteiger partial charge on any atom is -0.442 e. The van der Waals surface area contributed by atoms with Gasteiger partial charge in [-0.25, -0.2) is 13.9 Å². The van der Waals surface area contributed by atoms with Gasteiger partial charge in [0.25, 0.3) is 0 Å². The lowest BCUT2D eigenvalue weighted by molar-refractivity contribution is 0.129. The number of halogens is 1. The van der Waals surface area contributed by atoms with Crippen molar-refractivity contribution in [2.24, 2.45) is 0 Å². The number of cyclic esters (lactones) is 1. The number of amides is 1. The summed E-state index contributed by atoms with van der Waals surface area (Å²) in [4.78, 5) is 13.5. The van der Waals surface area contributed by atoms with Crippen LogP contribution in [0.4, 0.5) is 14.9 Å². The molecule has 0 aliphatic carbocycles. The Morgan fingerprint density at radius 3 is 3.00 bits per heavy atom. The highest BCUT2D eigenvalue weighted by Crippen LogP contribution is 2.25. The molecule has 0 spiro atoms. The normalized spacial score (nSPS) is 17.6. The molecule has 0 bridgehead atoms. The van der Waals surface area contributed by atoms with Crippen LogP contribution in [0.3, 0.4) is 0 Å². The second-order valence-electron chi connectivity index (χ2n) is 5.62. The third kappa shape index (κ3) is 3.49. The predicted molar refractivity (Wildman–Crippen MR) is 82.6 cm³/mol. The standard InChI is InChI=1S/C16H19FN4O2/c1-2-3-4-12-5-6-13(9-15(12)17)21-11-14(23-16(21)22)10-20-8-7-18-19-20/h5-9,14H,2-4,10-11H2,1H3/t14-/m0/s1. The van der Waals surface area contributed by atoms with E-state index in [1.54, 1.807) is 29.2 Å². The fourth-order valence-electron chi connectivity index (χ4n) is 2.64. The van der Waals surface area contributed by atoms with Crippen molar-refractivity contribution in [3.8, 4) is 0 Å². The van der Waals surface area contributed by atoms with Gasteiger partial charge >= 0.3 is 6.09 Å². The van der Waals surface area contributed by atoms with Crippen LogP contribution in [-0.2, 0) is 17.7 Å². The van der Waals surface area contributed by atoms with Gasteiger partial charge in [0.05, 0.1) is 25.0 Å². The number of aryl methyl sites for hydroxylation is 1. The van der Waals surface area contributed by atoms with Gasteiger partial charge in [-0.3, -0.25) is 4.90 Å². The van der Waals surface area contributed by atoms with Crippen molar-refractivity contribution < 1.29 is 13.9 Å². The molecule has 1 aromatic heterocycles. The molecule has 6 nitrogen and oxygen atoms in total. The topological polar surface area (TPSA) is 60.3 Å². The van der Waals surface area contributed by atoms with E-state index >= 15 is 0 Å². The first-order valence-electron chi connectivity index (χ1n) is 7.78. The van der Waals surface area contributed by atoms with Crippen LogP contribution in [0.2, 0.25) is 0 Å². The third-order valence-electron chi connectivity index (χ3n) is 3.88. The molecule has 1 aliphatic heterocycles. The van der Waals surface area contributed by atoms with Crippen LogP contribution in [0.1, 0.15) is 25.3 Å². The van der Waals surface area contributed by atoms with Gasteiger partial charge in [0.2, 0.25) is 0 Å². The SMILES string of the molecule is CCCCc1ccc(N2C[C@H](Cn3ccnn3)OC2=O)cc1F. The monoisotopic (exact) mass is 318 g/mol. The van der Waals surface area contributed by atoms with Gasteiger partial charge in [0.15, 0.2) is 0 Å². The second kappa shape index (κ2) is 6.76. The maximum absolute atomic E-state index is 14.2. The summed E-state index contributed by atoms with van der Waals surface area (Å²) in [6, 6.07) is 4.93. The van der Waals surface area contributed by atoms with E-state index < -0.39 is 6.09 Å². The molecule has 3 rings (SSSR count). The molecular weight excluding hydrogens is 299 g/mol. The molecule has 0 unspecified atom stereocenters. The number of anilines is 1. The molecule has 1 aromatic carbocycles. The average molecular weight is 318 g/mol. The van der Waals surface area contributed by atoms with Crippen molar-refractivity contribution in [3.05, 3.63) is 42.0 Å². The van der Waals surface area contributed by atoms with Crippen molar-refractivity contribution in [1.29, 1.82) is 0 Å². The molecule has 1 saturated heterocycles. The second-order valence-corrected chi connectivity index (χ2v) is 5.62. The first-order valence-corrected chi connectivity index (χ1v) is 7.78. The number of unbranched alkanes of at least 4 members (excludes halogenated alkanes) is 1. The van der Waals surface area contributed by atoms with Crippen LogP contribution in [0.25, 0.3) is 0 Å². The van der Waals surface area contributed by atoms with E-state index in [1.807, 2.05) is 0 Å². The predicted octanol–water partition coefficient (Wildman–Crippen LogP) is 2.79. The molecule has 0 saturated carbocycles. The number of rotatable bonds is 6. The molecule has 0 radical (unpaired) electrons. The van der Waals surface area contributed by atoms with Gasteiger partial charge in [-0.15, -0.1) is 5.10 Å². The van der Waals surface area contributed by atoms with Crippen LogP contribution in [0.5, 0.6) is 0 Å². The van der Waals surface area contributed by atoms with Gasteiger partial charge in [0, 0.05) is 6.20 Å². The van der Waals surface area contributed by atoms with Gasteiger partial charge in [-0.1, -0.05) is 24.6 Å². The Balaban J connectivity index is 1.69. The van der Waals surface area contributed by atoms with Gasteiger partial charge in [-0.05, 0) is 30.5 Å². The zero-order chi connectivity index (χ0) is 16.2. The number of nitrogens with zero attached hydrogens (tertiary/aromatic N) is 4. The summed E-state index contributed by atoms with van der Waals surface area (Å²) in [5, 5.41) is 7.57. The van der Waals surface area contributed by atoms with Crippen molar-refractivity contribution in [3.63, 3.8) is 0 Å². The molecule has 23 heavy (non-hydrogen) atoms. The lowest BCUT2D eigenvalue weighted by Gasteiger charge is -2.14. The first-order chi connectivity index (χ1) is 11.2. The number of aromatic nitrogens is 3. The van der Waals surface area contributed by atoms with E-state index in [0.29, 0.717) is 30.8 Å². The minimum atomic E-state index is -0.462. The van der Waals surface area contributed by atoms with Crippen LogP contribution in [-0.4, -0.2) is 33.7 Å². The summed E-state index contributed by atoms with van der Waals surface area (Å²) in [5.41, 5.74) is 1.20. The fourth-order valence-corrected chi connectivity index (χ4v) is 2.64. The third-order valence-corrected chi connectivity index (χ3v) is 3.88. The van der Waals surface area contributed by atoms with E-state index in [-0.39, 0.29) is 11.9 Å². The average Bonchev–Trinajstić information content (AvgIpc) is 3.16. The highest BCUT2D eigenvalue weighted by molar-refractivity contribution is 5.89. The molecule has 0 N–H and O–H groups in total. The first kappa shape index (κ1) is 15.5. The maximum Gasteiger partial charge on any atom is 0.414 e. The Labute approximate surface area is 133 Å². The Hall–Kier alpha value is -2.44. The quantitative estimate of drug-likeness (QED) is 0.822. The largest absolute Gasteiger partial charge is 0.442 e. The van der Waals surface area contributed by atoms with Crippen molar-refractivity contribution in [2.45, 2.75) is 38.8 Å². The summed E-state index contributed by atoms with van der Waals surface area (Å²) >= 11 is 0. The number of hydrogen-bond acceptors (Lipinski definition) is 4. The summed E-state index contributed by atoms with van der Waals surface area (Å²) < 4.78 is 21.1. The smallest absolute Gasteiger partial charge is 0.414 e. The lowest BCUT2D eigenvalue weighted by atomic mass is 10.1. The molecule has 1 atom stereocenters. The van der Waals surface area contributed by atoms with E-state index in [2.05, 4.69) is 17.2 Å². The number of ether oxygens (including phenoxy) is 1. The van der Waals surface area contributed by atoms with Crippen LogP contribution in [0, 0.1) is 5.82 Å². The number of carbonyl (C=O) groups excluding carboxylic acids is 1. The molecule has 2 aromatic rings. The van der Waals surface area contributed by atoms with Crippen molar-refractivity contribution >= 4 is 11.8 Å². The zero-order valence-corrected chi connectivity index (χ0v) is 13.0. The lowest BCUT2D eigenvalue weighted by Crippen LogP contribution is -2.26. The van der Waals surface area contributed by atoms with Crippen molar-refractivity contribution in [2.75, 3.05) is 11.4 Å². The van der Waals surface area contributed by atoms with E-state index in [0.717, 1.165) is 12.8 Å². The van der Waals surface area contributed by atoms with Gasteiger partial charge in [0.1, 0.15) is 11.9 Å². The highest BCUT2D eigenvalue weighted by Gasteiger charge is 2.33. The summed E-state index contributed by atoms with van der Waals surface area (Å²) in [6.07, 6.45) is 5.16. The fraction of sp³-hybridized carbons (Fsp3) is 0.438. The molecule has 7 heteroatoms. The molecular formula is C16H19FN4O2. The van der Waals surface area contributed by atoms with E-state index in [4.69, 9.17) is 4.74 Å². The Bertz CT molecular complexity index is 675. The molecule has 1 amide bonds. The molecule has 2 heterocycles. The Kier molecular flexibility index (Phi) is 4.55. The van der Waals surface area contributed by atoms with Crippen LogP contribution in [0.15, 0.2) is 30.6 Å². The van der Waals surface area contributed by atoms with Crippen LogP contribution < -0.4 is 4.90 Å². The van der Waals surface area contributed by atoms with E-state index in [9.17, 15) is 9.18 Å². The van der Waals surface area contributed by atoms with Gasteiger partial charge in [-0.2, -0.15) is 0 Å². The Morgan fingerprint density at radius 1 is 1.43 bits per heavy atom. The molecule has 1 aliphatic rings. The summed E-state index contributed by atoms with van der Waals surface area (Å²) in [7, 11) is 0. The summed E-state index contributed by atoms with van der Waals surface area (Å²) in [5.74, 6) is -0.275. The van der Waals surface area contributed by atoms with Crippen LogP contribution >= 0.6 is 0 Å². The maximum atomic E-state index is 14.2.